The standard InChI is InChI=1S/C19H24N2O6/c1-11(2)20(12(3)4)21-16(23)14(17(24)26-5)15(18(25)27-6)19(21)9-7-13(22)8-10-19/h7-12H,1-6H3. The summed E-state index contributed by atoms with van der Waals surface area (Å²) in [6.45, 7) is 7.54. The van der Waals surface area contributed by atoms with Gasteiger partial charge in [0.2, 0.25) is 0 Å². The molecule has 1 spiro atoms. The van der Waals surface area contributed by atoms with Gasteiger partial charge in [0.1, 0.15) is 11.1 Å². The van der Waals surface area contributed by atoms with Gasteiger partial charge >= 0.3 is 11.9 Å². The van der Waals surface area contributed by atoms with Crippen LogP contribution in [0.5, 0.6) is 0 Å². The van der Waals surface area contributed by atoms with E-state index in [1.165, 1.54) is 29.3 Å². The minimum atomic E-state index is -1.45. The lowest BCUT2D eigenvalue weighted by atomic mass is 9.85. The maximum absolute atomic E-state index is 13.3. The highest BCUT2D eigenvalue weighted by Crippen LogP contribution is 2.43. The number of amides is 1. The van der Waals surface area contributed by atoms with Gasteiger partial charge in [0.05, 0.1) is 19.8 Å². The number of hydrogen-bond donors (Lipinski definition) is 0. The second kappa shape index (κ2) is 7.48. The molecule has 0 aromatic rings. The molecule has 1 aliphatic carbocycles. The summed E-state index contributed by atoms with van der Waals surface area (Å²) < 4.78 is 9.60. The molecule has 1 aliphatic heterocycles. The van der Waals surface area contributed by atoms with E-state index < -0.39 is 29.0 Å². The lowest BCUT2D eigenvalue weighted by Gasteiger charge is -2.47. The average molecular weight is 376 g/mol. The van der Waals surface area contributed by atoms with Crippen LogP contribution in [0, 0.1) is 0 Å². The van der Waals surface area contributed by atoms with Crippen molar-refractivity contribution in [3.8, 4) is 0 Å². The zero-order valence-electron chi connectivity index (χ0n) is 16.3. The van der Waals surface area contributed by atoms with Gasteiger partial charge in [-0.25, -0.2) is 14.6 Å². The van der Waals surface area contributed by atoms with Gasteiger partial charge in [-0.05, 0) is 52.0 Å². The van der Waals surface area contributed by atoms with Crippen LogP contribution in [0.1, 0.15) is 27.7 Å². The number of hydrogen-bond acceptors (Lipinski definition) is 7. The van der Waals surface area contributed by atoms with E-state index in [-0.39, 0.29) is 23.4 Å². The molecule has 0 N–H and O–H groups in total. The average Bonchev–Trinajstić information content (AvgIpc) is 2.85. The van der Waals surface area contributed by atoms with Crippen molar-refractivity contribution in [2.75, 3.05) is 14.2 Å². The normalized spacial score (nSPS) is 18.5. The fraction of sp³-hybridized carbons (Fsp3) is 0.474. The van der Waals surface area contributed by atoms with Crippen molar-refractivity contribution in [2.45, 2.75) is 45.3 Å². The van der Waals surface area contributed by atoms with Gasteiger partial charge < -0.3 is 9.47 Å². The van der Waals surface area contributed by atoms with Gasteiger partial charge in [0, 0.05) is 12.1 Å². The molecule has 0 unspecified atom stereocenters. The third-order valence-corrected chi connectivity index (χ3v) is 4.48. The van der Waals surface area contributed by atoms with Crippen molar-refractivity contribution in [3.63, 3.8) is 0 Å². The highest BCUT2D eigenvalue weighted by atomic mass is 16.5. The molecule has 8 nitrogen and oxygen atoms in total. The zero-order chi connectivity index (χ0) is 20.5. The van der Waals surface area contributed by atoms with Crippen molar-refractivity contribution < 1.29 is 28.7 Å². The van der Waals surface area contributed by atoms with Gasteiger partial charge in [-0.15, -0.1) is 0 Å². The van der Waals surface area contributed by atoms with Gasteiger partial charge in [-0.1, -0.05) is 0 Å². The molecule has 146 valence electrons. The van der Waals surface area contributed by atoms with Gasteiger partial charge in [0.15, 0.2) is 5.78 Å². The van der Waals surface area contributed by atoms with Crippen LogP contribution in [-0.4, -0.2) is 65.5 Å². The first-order chi connectivity index (χ1) is 12.6. The first-order valence-corrected chi connectivity index (χ1v) is 8.59. The molecule has 8 heteroatoms. The van der Waals surface area contributed by atoms with E-state index in [2.05, 4.69) is 0 Å². The Morgan fingerprint density at radius 3 is 1.85 bits per heavy atom. The number of ether oxygens (including phenoxy) is 2. The molecule has 1 amide bonds. The Balaban J connectivity index is 2.84. The fourth-order valence-corrected chi connectivity index (χ4v) is 3.54. The topological polar surface area (TPSA) is 93.2 Å². The summed E-state index contributed by atoms with van der Waals surface area (Å²) in [7, 11) is 2.29. The van der Waals surface area contributed by atoms with E-state index in [0.29, 0.717) is 0 Å². The Hall–Kier alpha value is -2.74. The van der Waals surface area contributed by atoms with Gasteiger partial charge in [0.25, 0.3) is 5.91 Å². The van der Waals surface area contributed by atoms with E-state index in [1.807, 2.05) is 27.7 Å². The molecule has 0 bridgehead atoms. The maximum Gasteiger partial charge on any atom is 0.344 e. The quantitative estimate of drug-likeness (QED) is 0.521. The zero-order valence-corrected chi connectivity index (χ0v) is 16.3. The lowest BCUT2D eigenvalue weighted by Crippen LogP contribution is -2.61. The summed E-state index contributed by atoms with van der Waals surface area (Å²) in [6, 6.07) is -0.276. The first kappa shape index (κ1) is 20.6. The summed E-state index contributed by atoms with van der Waals surface area (Å²) >= 11 is 0. The van der Waals surface area contributed by atoms with E-state index >= 15 is 0 Å². The fourth-order valence-electron chi connectivity index (χ4n) is 3.54. The van der Waals surface area contributed by atoms with E-state index in [0.717, 1.165) is 14.2 Å². The summed E-state index contributed by atoms with van der Waals surface area (Å²) in [5.41, 5.74) is -2.02. The molecular weight excluding hydrogens is 352 g/mol. The number of methoxy groups -OCH3 is 2. The van der Waals surface area contributed by atoms with Crippen LogP contribution in [0.2, 0.25) is 0 Å². The van der Waals surface area contributed by atoms with E-state index in [4.69, 9.17) is 9.47 Å². The number of carbonyl (C=O) groups is 4. The number of esters is 2. The highest BCUT2D eigenvalue weighted by molar-refractivity contribution is 6.25. The molecule has 0 radical (unpaired) electrons. The highest BCUT2D eigenvalue weighted by Gasteiger charge is 2.57. The van der Waals surface area contributed by atoms with Crippen molar-refractivity contribution in [2.24, 2.45) is 0 Å². The molecule has 0 fully saturated rings. The Morgan fingerprint density at radius 2 is 1.44 bits per heavy atom. The van der Waals surface area contributed by atoms with Crippen LogP contribution in [0.15, 0.2) is 35.5 Å². The second-order valence-electron chi connectivity index (χ2n) is 6.81. The van der Waals surface area contributed by atoms with E-state index in [1.54, 1.807) is 5.01 Å². The van der Waals surface area contributed by atoms with Crippen LogP contribution in [-0.2, 0) is 28.7 Å². The van der Waals surface area contributed by atoms with Crippen LogP contribution >= 0.6 is 0 Å². The molecule has 0 saturated heterocycles. The Labute approximate surface area is 158 Å². The lowest BCUT2D eigenvalue weighted by molar-refractivity contribution is -0.160. The van der Waals surface area contributed by atoms with Crippen molar-refractivity contribution in [1.82, 2.24) is 10.0 Å². The SMILES string of the molecule is COC(=O)C1=C(C(=O)OC)C2(C=CC(=O)C=C2)N(N(C(C)C)C(C)C)C1=O. The third kappa shape index (κ3) is 3.21. The molecule has 0 atom stereocenters. The van der Waals surface area contributed by atoms with Crippen LogP contribution in [0.4, 0.5) is 0 Å². The maximum atomic E-state index is 13.3. The van der Waals surface area contributed by atoms with Gasteiger partial charge in [-0.2, -0.15) is 0 Å². The van der Waals surface area contributed by atoms with Crippen molar-refractivity contribution in [3.05, 3.63) is 35.5 Å². The second-order valence-corrected chi connectivity index (χ2v) is 6.81. The number of rotatable bonds is 5. The summed E-state index contributed by atoms with van der Waals surface area (Å²) in [5, 5.41) is 3.09. The van der Waals surface area contributed by atoms with Crippen molar-refractivity contribution >= 4 is 23.6 Å². The van der Waals surface area contributed by atoms with E-state index in [9.17, 15) is 19.2 Å². The monoisotopic (exact) mass is 376 g/mol. The summed E-state index contributed by atoms with van der Waals surface area (Å²) in [5.74, 6) is -2.76. The Bertz CT molecular complexity index is 751. The minimum Gasteiger partial charge on any atom is -0.466 e. The Kier molecular flexibility index (Phi) is 5.70. The number of ketones is 1. The predicted molar refractivity (Wildman–Crippen MR) is 96.0 cm³/mol. The molecule has 2 rings (SSSR count). The smallest absolute Gasteiger partial charge is 0.344 e. The molecule has 0 aromatic carbocycles. The number of nitrogens with zero attached hydrogens (tertiary/aromatic N) is 2. The first-order valence-electron chi connectivity index (χ1n) is 8.59. The predicted octanol–water partition coefficient (Wildman–Crippen LogP) is 0.939. The summed E-state index contributed by atoms with van der Waals surface area (Å²) in [6.07, 6.45) is 5.41. The van der Waals surface area contributed by atoms with Gasteiger partial charge in [-0.3, -0.25) is 14.6 Å². The molecule has 0 saturated carbocycles. The summed E-state index contributed by atoms with van der Waals surface area (Å²) in [4.78, 5) is 50.0. The molecule has 2 aliphatic rings. The van der Waals surface area contributed by atoms with Crippen LogP contribution < -0.4 is 0 Å². The molecular formula is C19H24N2O6. The number of carbonyl (C=O) groups excluding carboxylic acids is 4. The molecule has 27 heavy (non-hydrogen) atoms. The van der Waals surface area contributed by atoms with Crippen molar-refractivity contribution in [1.29, 1.82) is 0 Å². The number of allylic oxidation sites excluding steroid dienone is 2. The molecule has 0 aromatic heterocycles. The third-order valence-electron chi connectivity index (χ3n) is 4.48. The molecule has 1 heterocycles. The minimum absolute atomic E-state index is 0.138. The van der Waals surface area contributed by atoms with Crippen LogP contribution in [0.3, 0.4) is 0 Å². The largest absolute Gasteiger partial charge is 0.466 e. The van der Waals surface area contributed by atoms with Crippen LogP contribution in [0.25, 0.3) is 0 Å². The Morgan fingerprint density at radius 1 is 0.963 bits per heavy atom. The number of hydrazine groups is 1.